The van der Waals surface area contributed by atoms with Crippen LogP contribution in [0.3, 0.4) is 0 Å². The van der Waals surface area contributed by atoms with Crippen molar-refractivity contribution in [1.82, 2.24) is 19.9 Å². The first-order valence-electron chi connectivity index (χ1n) is 11.0. The Hall–Kier alpha value is -3.50. The van der Waals surface area contributed by atoms with Gasteiger partial charge in [-0.25, -0.2) is 4.39 Å². The van der Waals surface area contributed by atoms with Gasteiger partial charge in [-0.05, 0) is 43.0 Å². The lowest BCUT2D eigenvalue weighted by atomic mass is 10.0. The molecule has 2 unspecified atom stereocenters. The first kappa shape index (κ1) is 20.1. The molecular weight excluding hydrogens is 425 g/mol. The number of nitrogens with two attached hydrogens (primary N) is 1. The molecule has 1 saturated heterocycles. The molecule has 4 heterocycles. The number of halogens is 1. The molecule has 3 atom stereocenters. The van der Waals surface area contributed by atoms with Crippen LogP contribution in [0.2, 0.25) is 0 Å². The molecule has 0 spiro atoms. The Morgan fingerprint density at radius 1 is 1.30 bits per heavy atom. The zero-order chi connectivity index (χ0) is 22.7. The molecule has 2 aliphatic rings. The number of nitrogens with one attached hydrogen (secondary N) is 2. The van der Waals surface area contributed by atoms with E-state index in [4.69, 9.17) is 15.5 Å². The van der Waals surface area contributed by atoms with Gasteiger partial charge in [0.1, 0.15) is 23.0 Å². The molecule has 5 N–H and O–H groups in total. The number of H-pyrrole nitrogens is 1. The Bertz CT molecular complexity index is 1350. The van der Waals surface area contributed by atoms with Crippen molar-refractivity contribution in [2.24, 2.45) is 11.7 Å². The van der Waals surface area contributed by atoms with E-state index in [1.54, 1.807) is 19.2 Å². The van der Waals surface area contributed by atoms with Gasteiger partial charge < -0.3 is 30.8 Å². The van der Waals surface area contributed by atoms with Crippen molar-refractivity contribution in [3.8, 4) is 11.8 Å². The molecule has 170 valence electrons. The number of aliphatic hydroxyl groups excluding tert-OH is 1. The molecule has 0 amide bonds. The summed E-state index contributed by atoms with van der Waals surface area (Å²) in [5, 5.41) is 13.8. The summed E-state index contributed by atoms with van der Waals surface area (Å²) in [6.07, 6.45) is 3.45. The summed E-state index contributed by atoms with van der Waals surface area (Å²) in [6, 6.07) is 7.01. The van der Waals surface area contributed by atoms with E-state index in [0.717, 1.165) is 35.7 Å². The number of aliphatic hydroxyl groups is 1. The van der Waals surface area contributed by atoms with Gasteiger partial charge in [0.2, 0.25) is 0 Å². The third-order valence-corrected chi connectivity index (χ3v) is 6.79. The molecule has 4 aromatic rings. The fourth-order valence-electron chi connectivity index (χ4n) is 5.20. The van der Waals surface area contributed by atoms with Gasteiger partial charge in [0.25, 0.3) is 0 Å². The summed E-state index contributed by atoms with van der Waals surface area (Å²) in [7, 11) is 1.75. The van der Waals surface area contributed by atoms with Crippen LogP contribution in [0, 0.1) is 11.7 Å². The third kappa shape index (κ3) is 3.25. The van der Waals surface area contributed by atoms with Crippen molar-refractivity contribution in [2.75, 3.05) is 23.8 Å². The number of anilines is 2. The molecule has 33 heavy (non-hydrogen) atoms. The molecule has 1 saturated carbocycles. The van der Waals surface area contributed by atoms with Gasteiger partial charge >= 0.3 is 6.01 Å². The van der Waals surface area contributed by atoms with Crippen molar-refractivity contribution in [2.45, 2.75) is 31.5 Å². The number of hydrogen-bond acceptors (Lipinski definition) is 8. The van der Waals surface area contributed by atoms with Gasteiger partial charge in [-0.3, -0.25) is 4.98 Å². The molecule has 2 bridgehead atoms. The van der Waals surface area contributed by atoms with Crippen molar-refractivity contribution >= 4 is 33.4 Å². The normalized spacial score (nSPS) is 21.9. The highest BCUT2D eigenvalue weighted by Crippen LogP contribution is 2.44. The molecular formula is C23H24FN7O2. The predicted octanol–water partition coefficient (Wildman–Crippen LogP) is 2.90. The highest BCUT2D eigenvalue weighted by molar-refractivity contribution is 6.14. The van der Waals surface area contributed by atoms with Crippen LogP contribution in [0.4, 0.5) is 15.9 Å². The Kier molecular flexibility index (Phi) is 4.59. The zero-order valence-corrected chi connectivity index (χ0v) is 18.0. The number of fused-ring (bicyclic) bond motifs is 5. The van der Waals surface area contributed by atoms with Crippen LogP contribution in [0.15, 0.2) is 30.5 Å². The molecule has 1 aliphatic heterocycles. The topological polar surface area (TPSA) is 125 Å². The summed E-state index contributed by atoms with van der Waals surface area (Å²) < 4.78 is 20.4. The van der Waals surface area contributed by atoms with Crippen LogP contribution in [0.1, 0.15) is 18.5 Å². The SMILES string of the molecule is CNc1cc(F)cc2c1[nH]c1nc(Oc3ccc(CO)nc3)nc(N3CC4CC3C[C@@H]4N)c12. The number of rotatable bonds is 5. The van der Waals surface area contributed by atoms with Crippen LogP contribution in [0.5, 0.6) is 11.8 Å². The number of hydrogen-bond donors (Lipinski definition) is 4. The Balaban J connectivity index is 1.52. The summed E-state index contributed by atoms with van der Waals surface area (Å²) in [6.45, 7) is 0.650. The smallest absolute Gasteiger partial charge is 0.326 e. The Morgan fingerprint density at radius 3 is 2.85 bits per heavy atom. The predicted molar refractivity (Wildman–Crippen MR) is 123 cm³/mol. The first-order valence-corrected chi connectivity index (χ1v) is 11.0. The second kappa shape index (κ2) is 7.53. The van der Waals surface area contributed by atoms with Gasteiger partial charge in [0, 0.05) is 31.1 Å². The zero-order valence-electron chi connectivity index (χ0n) is 18.0. The third-order valence-electron chi connectivity index (χ3n) is 6.79. The van der Waals surface area contributed by atoms with E-state index in [9.17, 15) is 9.50 Å². The number of aromatic amines is 1. The lowest BCUT2D eigenvalue weighted by Gasteiger charge is -2.31. The second-order valence-electron chi connectivity index (χ2n) is 8.75. The molecule has 1 aliphatic carbocycles. The van der Waals surface area contributed by atoms with Crippen LogP contribution in [-0.2, 0) is 6.61 Å². The largest absolute Gasteiger partial charge is 0.423 e. The maximum atomic E-state index is 14.5. The number of nitrogens with zero attached hydrogens (tertiary/aromatic N) is 4. The van der Waals surface area contributed by atoms with Gasteiger partial charge in [0.15, 0.2) is 0 Å². The summed E-state index contributed by atoms with van der Waals surface area (Å²) in [5.74, 6) is 1.25. The van der Waals surface area contributed by atoms with Crippen molar-refractivity contribution in [3.05, 3.63) is 42.0 Å². The fraction of sp³-hybridized carbons (Fsp3) is 0.348. The minimum atomic E-state index is -0.334. The number of aromatic nitrogens is 4. The molecule has 0 radical (unpaired) electrons. The van der Waals surface area contributed by atoms with E-state index < -0.39 is 0 Å². The van der Waals surface area contributed by atoms with Crippen LogP contribution in [-0.4, -0.2) is 50.7 Å². The minimum absolute atomic E-state index is 0.147. The molecule has 9 nitrogen and oxygen atoms in total. The van der Waals surface area contributed by atoms with Crippen molar-refractivity contribution < 1.29 is 14.2 Å². The van der Waals surface area contributed by atoms with Crippen LogP contribution >= 0.6 is 0 Å². The van der Waals surface area contributed by atoms with E-state index in [1.807, 2.05) is 0 Å². The maximum absolute atomic E-state index is 14.5. The standard InChI is InChI=1S/C23H24FN7O2/c1-26-18-6-12(24)5-16-19-21(28-20(16)18)29-23(33-15-3-2-13(10-32)27-8-15)30-22(19)31-9-11-4-14(31)7-17(11)25/h2-3,5-6,8,11,14,17,26,32H,4,7,9-10,25H2,1H3,(H,28,29,30)/t11?,14?,17-/m0/s1. The van der Waals surface area contributed by atoms with E-state index in [2.05, 4.69) is 25.2 Å². The molecule has 3 aromatic heterocycles. The van der Waals surface area contributed by atoms with E-state index in [0.29, 0.717) is 34.5 Å². The summed E-state index contributed by atoms with van der Waals surface area (Å²) in [4.78, 5) is 19.1. The van der Waals surface area contributed by atoms with Gasteiger partial charge in [0.05, 0.1) is 35.1 Å². The van der Waals surface area contributed by atoms with Crippen LogP contribution in [0.25, 0.3) is 21.9 Å². The first-order chi connectivity index (χ1) is 16.0. The maximum Gasteiger partial charge on any atom is 0.326 e. The van der Waals surface area contributed by atoms with E-state index >= 15 is 0 Å². The minimum Gasteiger partial charge on any atom is -0.423 e. The second-order valence-corrected chi connectivity index (χ2v) is 8.75. The quantitative estimate of drug-likeness (QED) is 0.367. The summed E-state index contributed by atoms with van der Waals surface area (Å²) in [5.41, 5.74) is 8.80. The molecule has 2 fully saturated rings. The van der Waals surface area contributed by atoms with Gasteiger partial charge in [-0.1, -0.05) is 0 Å². The molecule has 6 rings (SSSR count). The number of pyridine rings is 1. The average molecular weight is 449 g/mol. The monoisotopic (exact) mass is 449 g/mol. The average Bonchev–Trinajstić information content (AvgIpc) is 3.50. The Labute approximate surface area is 188 Å². The van der Waals surface area contributed by atoms with Gasteiger partial charge in [-0.15, -0.1) is 0 Å². The highest BCUT2D eigenvalue weighted by atomic mass is 19.1. The van der Waals surface area contributed by atoms with E-state index in [1.165, 1.54) is 18.3 Å². The number of ether oxygens (including phenoxy) is 1. The van der Waals surface area contributed by atoms with Gasteiger partial charge in [-0.2, -0.15) is 9.97 Å². The van der Waals surface area contributed by atoms with Crippen LogP contribution < -0.4 is 20.7 Å². The van der Waals surface area contributed by atoms with Crippen molar-refractivity contribution in [3.63, 3.8) is 0 Å². The number of benzene rings is 1. The fourth-order valence-corrected chi connectivity index (χ4v) is 5.20. The molecule has 1 aromatic carbocycles. The van der Waals surface area contributed by atoms with E-state index in [-0.39, 0.29) is 30.5 Å². The van der Waals surface area contributed by atoms with Crippen molar-refractivity contribution in [1.29, 1.82) is 0 Å². The summed E-state index contributed by atoms with van der Waals surface area (Å²) >= 11 is 0. The lowest BCUT2D eigenvalue weighted by molar-refractivity contribution is 0.276. The Morgan fingerprint density at radius 2 is 2.18 bits per heavy atom. The number of piperidine rings is 1. The molecule has 10 heteroatoms. The highest BCUT2D eigenvalue weighted by Gasteiger charge is 2.44. The lowest BCUT2D eigenvalue weighted by Crippen LogP contribution is -2.41.